The number of terminal acetylenes is 1. The van der Waals surface area contributed by atoms with Crippen LogP contribution in [0.4, 0.5) is 0 Å². The Kier molecular flexibility index (Phi) is 5.28. The molecule has 1 amide bonds. The fourth-order valence-corrected chi connectivity index (χ4v) is 2.69. The number of carbonyl (C=O) groups excluding carboxylic acids is 1. The van der Waals surface area contributed by atoms with E-state index in [2.05, 4.69) is 26.4 Å². The second-order valence-electron chi connectivity index (χ2n) is 6.26. The molecule has 132 valence electrons. The van der Waals surface area contributed by atoms with E-state index in [0.717, 1.165) is 11.3 Å². The molecule has 2 heterocycles. The van der Waals surface area contributed by atoms with Crippen molar-refractivity contribution in [2.75, 3.05) is 0 Å². The Labute approximate surface area is 151 Å². The minimum absolute atomic E-state index is 0.131. The van der Waals surface area contributed by atoms with Crippen LogP contribution in [0.1, 0.15) is 31.2 Å². The van der Waals surface area contributed by atoms with Gasteiger partial charge in [0.25, 0.3) is 5.56 Å². The lowest BCUT2D eigenvalue weighted by atomic mass is 10.0. The zero-order chi connectivity index (χ0) is 18.4. The predicted octanol–water partition coefficient (Wildman–Crippen LogP) is 3.01. The molecule has 3 rings (SSSR count). The highest BCUT2D eigenvalue weighted by Gasteiger charge is 2.39. The summed E-state index contributed by atoms with van der Waals surface area (Å²) in [6, 6.07) is 13.2. The van der Waals surface area contributed by atoms with E-state index >= 15 is 0 Å². The summed E-state index contributed by atoms with van der Waals surface area (Å²) in [6.45, 7) is 0.189. The average molecular weight is 348 g/mol. The van der Waals surface area contributed by atoms with Gasteiger partial charge in [0.1, 0.15) is 0 Å². The maximum Gasteiger partial charge on any atom is 0.253 e. The average Bonchev–Trinajstić information content (AvgIpc) is 3.45. The Balaban J connectivity index is 1.51. The van der Waals surface area contributed by atoms with Crippen LogP contribution >= 0.6 is 0 Å². The Hall–Kier alpha value is -3.20. The molecule has 0 radical (unpaired) electrons. The molecule has 2 N–H and O–H groups in total. The molecular formula is C20H20N4O2. The molecule has 1 aromatic heterocycles. The molecule has 0 saturated heterocycles. The van der Waals surface area contributed by atoms with Gasteiger partial charge in [0.2, 0.25) is 5.91 Å². The third-order valence-electron chi connectivity index (χ3n) is 4.36. The first-order chi connectivity index (χ1) is 12.6. The van der Waals surface area contributed by atoms with Crippen LogP contribution in [0.2, 0.25) is 0 Å². The lowest BCUT2D eigenvalue weighted by Gasteiger charge is -2.09. The molecule has 0 unspecified atom stereocenters. The van der Waals surface area contributed by atoms with E-state index in [1.54, 1.807) is 6.07 Å². The molecule has 1 aliphatic heterocycles. The number of pyridine rings is 1. The summed E-state index contributed by atoms with van der Waals surface area (Å²) in [4.78, 5) is 27.1. The van der Waals surface area contributed by atoms with Crippen molar-refractivity contribution in [3.63, 3.8) is 0 Å². The van der Waals surface area contributed by atoms with Gasteiger partial charge >= 0.3 is 0 Å². The summed E-state index contributed by atoms with van der Waals surface area (Å²) in [5.41, 5.74) is 1.54. The van der Waals surface area contributed by atoms with Gasteiger partial charge in [-0.05, 0) is 17.7 Å². The van der Waals surface area contributed by atoms with Gasteiger partial charge in [-0.1, -0.05) is 30.3 Å². The van der Waals surface area contributed by atoms with Crippen molar-refractivity contribution in [3.8, 4) is 23.6 Å². The van der Waals surface area contributed by atoms with E-state index in [1.807, 2.05) is 36.4 Å². The van der Waals surface area contributed by atoms with Gasteiger partial charge in [0, 0.05) is 43.5 Å². The van der Waals surface area contributed by atoms with Crippen molar-refractivity contribution in [1.29, 1.82) is 0 Å². The van der Waals surface area contributed by atoms with E-state index in [0.29, 0.717) is 31.2 Å². The first-order valence-corrected chi connectivity index (χ1v) is 8.54. The first-order valence-electron chi connectivity index (χ1n) is 8.54. The van der Waals surface area contributed by atoms with Crippen LogP contribution in [0.25, 0.3) is 11.3 Å². The molecule has 0 atom stereocenters. The molecule has 0 spiro atoms. The molecule has 1 aliphatic rings. The van der Waals surface area contributed by atoms with Gasteiger partial charge in [-0.3, -0.25) is 9.59 Å². The van der Waals surface area contributed by atoms with Crippen LogP contribution in [0.15, 0.2) is 57.5 Å². The predicted molar refractivity (Wildman–Crippen MR) is 99.2 cm³/mol. The van der Waals surface area contributed by atoms with Crippen LogP contribution in [0, 0.1) is 12.3 Å². The fourth-order valence-electron chi connectivity index (χ4n) is 2.69. The van der Waals surface area contributed by atoms with Crippen LogP contribution in [-0.4, -0.2) is 16.6 Å². The third-order valence-corrected chi connectivity index (χ3v) is 4.36. The minimum atomic E-state index is -0.460. The normalized spacial score (nSPS) is 13.8. The standard InChI is InChI=1S/C20H20N4O2/c1-2-3-12-20(23-24-20)13-11-18(25)21-14-16-9-10-17(22-19(16)26)15-7-5-4-6-8-15/h1,4-10H,3,11-14H2,(H,21,25)(H,22,26). The molecule has 0 bridgehead atoms. The number of benzene rings is 1. The monoisotopic (exact) mass is 348 g/mol. The summed E-state index contributed by atoms with van der Waals surface area (Å²) in [7, 11) is 0. The van der Waals surface area contributed by atoms with Crippen molar-refractivity contribution in [2.45, 2.75) is 37.9 Å². The van der Waals surface area contributed by atoms with Gasteiger partial charge in [-0.2, -0.15) is 10.2 Å². The smallest absolute Gasteiger partial charge is 0.253 e. The van der Waals surface area contributed by atoms with Gasteiger partial charge in [0.05, 0.1) is 0 Å². The van der Waals surface area contributed by atoms with Crippen LogP contribution in [-0.2, 0) is 11.3 Å². The molecular weight excluding hydrogens is 328 g/mol. The number of nitrogens with one attached hydrogen (secondary N) is 2. The van der Waals surface area contributed by atoms with E-state index in [1.165, 1.54) is 0 Å². The van der Waals surface area contributed by atoms with Gasteiger partial charge < -0.3 is 10.3 Å². The number of hydrogen-bond donors (Lipinski definition) is 2. The van der Waals surface area contributed by atoms with Gasteiger partial charge in [0.15, 0.2) is 5.66 Å². The summed E-state index contributed by atoms with van der Waals surface area (Å²) in [5, 5.41) is 10.8. The molecule has 1 aromatic carbocycles. The number of rotatable bonds is 8. The number of amides is 1. The molecule has 0 fully saturated rings. The molecule has 26 heavy (non-hydrogen) atoms. The lowest BCUT2D eigenvalue weighted by molar-refractivity contribution is -0.121. The van der Waals surface area contributed by atoms with Crippen LogP contribution in [0.3, 0.4) is 0 Å². The van der Waals surface area contributed by atoms with Crippen molar-refractivity contribution in [3.05, 3.63) is 58.4 Å². The largest absolute Gasteiger partial charge is 0.352 e. The SMILES string of the molecule is C#CCCC1(CCC(=O)NCc2ccc(-c3ccccc3)[nH]c2=O)N=N1. The number of aromatic amines is 1. The molecule has 2 aromatic rings. The van der Waals surface area contributed by atoms with E-state index in [-0.39, 0.29) is 18.0 Å². The van der Waals surface area contributed by atoms with Crippen molar-refractivity contribution in [1.82, 2.24) is 10.3 Å². The number of hydrogen-bond acceptors (Lipinski definition) is 4. The maximum atomic E-state index is 12.2. The van der Waals surface area contributed by atoms with E-state index < -0.39 is 5.66 Å². The van der Waals surface area contributed by atoms with Crippen molar-refractivity contribution < 1.29 is 4.79 Å². The van der Waals surface area contributed by atoms with Gasteiger partial charge in [-0.25, -0.2) is 0 Å². The third kappa shape index (κ3) is 4.45. The van der Waals surface area contributed by atoms with E-state index in [4.69, 9.17) is 6.42 Å². The maximum absolute atomic E-state index is 12.2. The molecule has 6 nitrogen and oxygen atoms in total. The number of aromatic nitrogens is 1. The Morgan fingerprint density at radius 1 is 1.15 bits per heavy atom. The second-order valence-corrected chi connectivity index (χ2v) is 6.26. The summed E-state index contributed by atoms with van der Waals surface area (Å²) < 4.78 is 0. The lowest BCUT2D eigenvalue weighted by Crippen LogP contribution is -2.27. The summed E-state index contributed by atoms with van der Waals surface area (Å²) >= 11 is 0. The number of H-pyrrole nitrogens is 1. The highest BCUT2D eigenvalue weighted by molar-refractivity contribution is 5.76. The van der Waals surface area contributed by atoms with Crippen molar-refractivity contribution in [2.24, 2.45) is 10.2 Å². The topological polar surface area (TPSA) is 86.7 Å². The first kappa shape index (κ1) is 17.6. The van der Waals surface area contributed by atoms with Gasteiger partial charge in [-0.15, -0.1) is 12.3 Å². The second kappa shape index (κ2) is 7.79. The zero-order valence-electron chi connectivity index (χ0n) is 14.4. The number of carbonyl (C=O) groups is 1. The summed E-state index contributed by atoms with van der Waals surface area (Å²) in [6.07, 6.45) is 7.37. The zero-order valence-corrected chi connectivity index (χ0v) is 14.4. The van der Waals surface area contributed by atoms with Crippen LogP contribution < -0.4 is 10.9 Å². The molecule has 6 heteroatoms. The highest BCUT2D eigenvalue weighted by atomic mass is 16.1. The quantitative estimate of drug-likeness (QED) is 0.719. The number of nitrogens with zero attached hydrogens (tertiary/aromatic N) is 2. The fraction of sp³-hybridized carbons (Fsp3) is 0.300. The van der Waals surface area contributed by atoms with Crippen molar-refractivity contribution >= 4 is 5.91 Å². The molecule has 0 saturated carbocycles. The Bertz CT molecular complexity index is 903. The molecule has 0 aliphatic carbocycles. The van der Waals surface area contributed by atoms with Crippen LogP contribution in [0.5, 0.6) is 0 Å². The Morgan fingerprint density at radius 2 is 1.92 bits per heavy atom. The van der Waals surface area contributed by atoms with E-state index in [9.17, 15) is 9.59 Å². The highest BCUT2D eigenvalue weighted by Crippen LogP contribution is 2.37. The minimum Gasteiger partial charge on any atom is -0.352 e. The summed E-state index contributed by atoms with van der Waals surface area (Å²) in [5.74, 6) is 2.43. The Morgan fingerprint density at radius 3 is 2.58 bits per heavy atom.